The Balaban J connectivity index is 1.78. The van der Waals surface area contributed by atoms with Crippen LogP contribution < -0.4 is 5.32 Å². The molecule has 2 nitrogen and oxygen atoms in total. The molecule has 0 bridgehead atoms. The van der Waals surface area contributed by atoms with Gasteiger partial charge >= 0.3 is 0 Å². The summed E-state index contributed by atoms with van der Waals surface area (Å²) in [6.45, 7) is 1.97. The summed E-state index contributed by atoms with van der Waals surface area (Å²) < 4.78 is 1.00. The SMILES string of the molecule is Cc1cc(Br)ccc1NC(=O)c1ccc(-c2ccccc2)cc1. The lowest BCUT2D eigenvalue weighted by molar-refractivity contribution is 0.102. The molecule has 0 fully saturated rings. The number of nitrogens with one attached hydrogen (secondary N) is 1. The smallest absolute Gasteiger partial charge is 0.255 e. The summed E-state index contributed by atoms with van der Waals surface area (Å²) >= 11 is 3.42. The monoisotopic (exact) mass is 365 g/mol. The van der Waals surface area contributed by atoms with Crippen LogP contribution in [0.1, 0.15) is 15.9 Å². The van der Waals surface area contributed by atoms with E-state index >= 15 is 0 Å². The molecule has 1 N–H and O–H groups in total. The Morgan fingerprint density at radius 3 is 2.17 bits per heavy atom. The minimum atomic E-state index is -0.102. The Hall–Kier alpha value is -2.39. The fraction of sp³-hybridized carbons (Fsp3) is 0.0500. The zero-order valence-corrected chi connectivity index (χ0v) is 14.3. The average Bonchev–Trinajstić information content (AvgIpc) is 2.58. The lowest BCUT2D eigenvalue weighted by Gasteiger charge is -2.09. The molecule has 3 rings (SSSR count). The highest BCUT2D eigenvalue weighted by molar-refractivity contribution is 9.10. The van der Waals surface area contributed by atoms with E-state index in [-0.39, 0.29) is 5.91 Å². The fourth-order valence-electron chi connectivity index (χ4n) is 2.41. The molecule has 0 atom stereocenters. The maximum atomic E-state index is 12.4. The van der Waals surface area contributed by atoms with Gasteiger partial charge in [-0.15, -0.1) is 0 Å². The summed E-state index contributed by atoms with van der Waals surface area (Å²) in [4.78, 5) is 12.4. The first-order valence-electron chi connectivity index (χ1n) is 7.36. The summed E-state index contributed by atoms with van der Waals surface area (Å²) in [6.07, 6.45) is 0. The Morgan fingerprint density at radius 2 is 1.52 bits per heavy atom. The Bertz CT molecular complexity index is 826. The van der Waals surface area contributed by atoms with Crippen LogP contribution in [-0.4, -0.2) is 5.91 Å². The van der Waals surface area contributed by atoms with Crippen molar-refractivity contribution in [3.05, 3.63) is 88.4 Å². The van der Waals surface area contributed by atoms with Crippen molar-refractivity contribution >= 4 is 27.5 Å². The van der Waals surface area contributed by atoms with E-state index < -0.39 is 0 Å². The van der Waals surface area contributed by atoms with Crippen LogP contribution in [0.2, 0.25) is 0 Å². The maximum Gasteiger partial charge on any atom is 0.255 e. The van der Waals surface area contributed by atoms with Gasteiger partial charge in [-0.2, -0.15) is 0 Å². The molecule has 0 aliphatic rings. The molecule has 0 aliphatic carbocycles. The van der Waals surface area contributed by atoms with Crippen molar-refractivity contribution in [3.63, 3.8) is 0 Å². The van der Waals surface area contributed by atoms with Crippen molar-refractivity contribution in [2.75, 3.05) is 5.32 Å². The first kappa shape index (κ1) is 15.5. The molecule has 0 radical (unpaired) electrons. The highest BCUT2D eigenvalue weighted by atomic mass is 79.9. The second kappa shape index (κ2) is 6.80. The van der Waals surface area contributed by atoms with E-state index in [2.05, 4.69) is 33.4 Å². The second-order valence-electron chi connectivity index (χ2n) is 5.36. The van der Waals surface area contributed by atoms with Crippen LogP contribution in [0.4, 0.5) is 5.69 Å². The lowest BCUT2D eigenvalue weighted by atomic mass is 10.0. The van der Waals surface area contributed by atoms with Gasteiger partial charge in [0.25, 0.3) is 5.91 Å². The molecule has 0 spiro atoms. The lowest BCUT2D eigenvalue weighted by Crippen LogP contribution is -2.12. The van der Waals surface area contributed by atoms with Crippen LogP contribution in [0.5, 0.6) is 0 Å². The molecule has 114 valence electrons. The predicted octanol–water partition coefficient (Wildman–Crippen LogP) is 5.68. The third-order valence-corrected chi connectivity index (χ3v) is 4.18. The molecule has 0 saturated carbocycles. The van der Waals surface area contributed by atoms with Gasteiger partial charge in [-0.1, -0.05) is 58.4 Å². The van der Waals surface area contributed by atoms with E-state index in [0.717, 1.165) is 26.9 Å². The standard InChI is InChI=1S/C20H16BrNO/c1-14-13-18(21)11-12-19(14)22-20(23)17-9-7-16(8-10-17)15-5-3-2-4-6-15/h2-13H,1H3,(H,22,23). The van der Waals surface area contributed by atoms with Crippen LogP contribution in [-0.2, 0) is 0 Å². The number of carbonyl (C=O) groups excluding carboxylic acids is 1. The number of anilines is 1. The Labute approximate surface area is 144 Å². The van der Waals surface area contributed by atoms with E-state index in [1.807, 2.05) is 67.6 Å². The molecule has 0 heterocycles. The molecule has 3 aromatic rings. The van der Waals surface area contributed by atoms with Gasteiger partial charge < -0.3 is 5.32 Å². The Morgan fingerprint density at radius 1 is 0.870 bits per heavy atom. The van der Waals surface area contributed by atoms with Crippen LogP contribution in [0.15, 0.2) is 77.3 Å². The minimum Gasteiger partial charge on any atom is -0.322 e. The maximum absolute atomic E-state index is 12.4. The quantitative estimate of drug-likeness (QED) is 0.635. The van der Waals surface area contributed by atoms with Gasteiger partial charge in [-0.3, -0.25) is 4.79 Å². The first-order valence-corrected chi connectivity index (χ1v) is 8.16. The third kappa shape index (κ3) is 3.69. The van der Waals surface area contributed by atoms with Crippen molar-refractivity contribution in [2.45, 2.75) is 6.92 Å². The van der Waals surface area contributed by atoms with Crippen LogP contribution in [0, 0.1) is 6.92 Å². The van der Waals surface area contributed by atoms with Gasteiger partial charge in [0.2, 0.25) is 0 Å². The van der Waals surface area contributed by atoms with Gasteiger partial charge in [-0.05, 0) is 53.9 Å². The number of rotatable bonds is 3. The zero-order valence-electron chi connectivity index (χ0n) is 12.7. The van der Waals surface area contributed by atoms with Crippen molar-refractivity contribution in [1.82, 2.24) is 0 Å². The van der Waals surface area contributed by atoms with Gasteiger partial charge in [0.05, 0.1) is 0 Å². The summed E-state index contributed by atoms with van der Waals surface area (Å²) in [5.41, 5.74) is 4.73. The molecule has 3 heteroatoms. The molecular weight excluding hydrogens is 350 g/mol. The molecule has 0 unspecified atom stereocenters. The molecule has 1 amide bonds. The van der Waals surface area contributed by atoms with Crippen molar-refractivity contribution in [3.8, 4) is 11.1 Å². The van der Waals surface area contributed by atoms with Crippen molar-refractivity contribution < 1.29 is 4.79 Å². The zero-order chi connectivity index (χ0) is 16.2. The molecule has 23 heavy (non-hydrogen) atoms. The van der Waals surface area contributed by atoms with Gasteiger partial charge in [0, 0.05) is 15.7 Å². The predicted molar refractivity (Wildman–Crippen MR) is 98.7 cm³/mol. The van der Waals surface area contributed by atoms with E-state index in [0.29, 0.717) is 5.56 Å². The number of amides is 1. The van der Waals surface area contributed by atoms with Crippen LogP contribution in [0.25, 0.3) is 11.1 Å². The average molecular weight is 366 g/mol. The number of hydrogen-bond donors (Lipinski definition) is 1. The van der Waals surface area contributed by atoms with Crippen LogP contribution >= 0.6 is 15.9 Å². The van der Waals surface area contributed by atoms with E-state index in [1.165, 1.54) is 0 Å². The van der Waals surface area contributed by atoms with E-state index in [9.17, 15) is 4.79 Å². The first-order chi connectivity index (χ1) is 11.1. The molecule has 0 aromatic heterocycles. The topological polar surface area (TPSA) is 29.1 Å². The minimum absolute atomic E-state index is 0.102. The largest absolute Gasteiger partial charge is 0.322 e. The third-order valence-electron chi connectivity index (χ3n) is 3.69. The number of hydrogen-bond acceptors (Lipinski definition) is 1. The summed E-state index contributed by atoms with van der Waals surface area (Å²) in [7, 11) is 0. The number of aryl methyl sites for hydroxylation is 1. The molecule has 0 aliphatic heterocycles. The molecule has 0 saturated heterocycles. The van der Waals surface area contributed by atoms with E-state index in [4.69, 9.17) is 0 Å². The summed E-state index contributed by atoms with van der Waals surface area (Å²) in [5.74, 6) is -0.102. The number of halogens is 1. The van der Waals surface area contributed by atoms with Crippen molar-refractivity contribution in [1.29, 1.82) is 0 Å². The van der Waals surface area contributed by atoms with Crippen LogP contribution in [0.3, 0.4) is 0 Å². The van der Waals surface area contributed by atoms with Gasteiger partial charge in [-0.25, -0.2) is 0 Å². The van der Waals surface area contributed by atoms with E-state index in [1.54, 1.807) is 0 Å². The molecule has 3 aromatic carbocycles. The molecular formula is C20H16BrNO. The van der Waals surface area contributed by atoms with Gasteiger partial charge in [0.15, 0.2) is 0 Å². The van der Waals surface area contributed by atoms with Crippen molar-refractivity contribution in [2.24, 2.45) is 0 Å². The van der Waals surface area contributed by atoms with Gasteiger partial charge in [0.1, 0.15) is 0 Å². The summed E-state index contributed by atoms with van der Waals surface area (Å²) in [5, 5.41) is 2.95. The second-order valence-corrected chi connectivity index (χ2v) is 6.27. The highest BCUT2D eigenvalue weighted by Crippen LogP contribution is 2.22. The fourth-order valence-corrected chi connectivity index (χ4v) is 2.88. The normalized spacial score (nSPS) is 10.3. The number of carbonyl (C=O) groups is 1. The highest BCUT2D eigenvalue weighted by Gasteiger charge is 2.08. The number of benzene rings is 3. The summed E-state index contributed by atoms with van der Waals surface area (Å²) in [6, 6.07) is 23.6. The Kier molecular flexibility index (Phi) is 4.58.